The Morgan fingerprint density at radius 2 is 2.14 bits per heavy atom. The molecule has 2 rings (SSSR count). The van der Waals surface area contributed by atoms with Crippen molar-refractivity contribution in [1.82, 2.24) is 20.2 Å². The standard InChI is InChI=1S/C14H20BrN5O/c1-10(2)21-8-4-3-7-20-14(17-18-19-20)12-9-11(16)5-6-13(12)15/h5-6,9-10H,3-4,7-8,16H2,1-2H3. The van der Waals surface area contributed by atoms with Gasteiger partial charge in [-0.25, -0.2) is 4.68 Å². The SMILES string of the molecule is CC(C)OCCCCn1nnnc1-c1cc(N)ccc1Br. The maximum atomic E-state index is 5.84. The van der Waals surface area contributed by atoms with E-state index in [1.54, 1.807) is 4.68 Å². The van der Waals surface area contributed by atoms with Crippen LogP contribution < -0.4 is 5.73 Å². The number of hydrogen-bond donors (Lipinski definition) is 1. The van der Waals surface area contributed by atoms with Crippen molar-refractivity contribution in [3.8, 4) is 11.4 Å². The minimum Gasteiger partial charge on any atom is -0.399 e. The molecule has 6 nitrogen and oxygen atoms in total. The first-order chi connectivity index (χ1) is 10.1. The molecule has 1 aromatic carbocycles. The average molecular weight is 354 g/mol. The molecule has 2 aromatic rings. The van der Waals surface area contributed by atoms with Gasteiger partial charge >= 0.3 is 0 Å². The van der Waals surface area contributed by atoms with Crippen LogP contribution in [0.2, 0.25) is 0 Å². The first-order valence-electron chi connectivity index (χ1n) is 7.01. The molecule has 0 aliphatic rings. The van der Waals surface area contributed by atoms with Crippen LogP contribution in [-0.4, -0.2) is 32.9 Å². The molecular formula is C14H20BrN5O. The van der Waals surface area contributed by atoms with E-state index in [1.807, 2.05) is 32.0 Å². The highest BCUT2D eigenvalue weighted by Crippen LogP contribution is 2.28. The Kier molecular flexibility index (Phi) is 5.69. The van der Waals surface area contributed by atoms with Crippen LogP contribution >= 0.6 is 15.9 Å². The lowest BCUT2D eigenvalue weighted by Gasteiger charge is -2.08. The molecular weight excluding hydrogens is 334 g/mol. The van der Waals surface area contributed by atoms with Gasteiger partial charge in [0.2, 0.25) is 0 Å². The fraction of sp³-hybridized carbons (Fsp3) is 0.500. The topological polar surface area (TPSA) is 78.8 Å². The van der Waals surface area contributed by atoms with E-state index in [4.69, 9.17) is 10.5 Å². The second-order valence-corrected chi connectivity index (χ2v) is 5.95. The number of anilines is 1. The van der Waals surface area contributed by atoms with Crippen molar-refractivity contribution in [2.75, 3.05) is 12.3 Å². The van der Waals surface area contributed by atoms with Gasteiger partial charge in [-0.15, -0.1) is 5.10 Å². The molecule has 0 atom stereocenters. The van der Waals surface area contributed by atoms with E-state index < -0.39 is 0 Å². The predicted octanol–water partition coefficient (Wildman–Crippen LogP) is 2.89. The van der Waals surface area contributed by atoms with Gasteiger partial charge in [-0.05, 0) is 55.3 Å². The van der Waals surface area contributed by atoms with Crippen LogP contribution in [0.25, 0.3) is 11.4 Å². The molecule has 1 aromatic heterocycles. The van der Waals surface area contributed by atoms with Gasteiger partial charge in [0.1, 0.15) is 0 Å². The Morgan fingerprint density at radius 3 is 2.90 bits per heavy atom. The summed E-state index contributed by atoms with van der Waals surface area (Å²) in [6, 6.07) is 5.61. The van der Waals surface area contributed by atoms with E-state index in [1.165, 1.54) is 0 Å². The molecule has 0 amide bonds. The van der Waals surface area contributed by atoms with Gasteiger partial charge in [0.05, 0.1) is 6.10 Å². The van der Waals surface area contributed by atoms with Crippen LogP contribution in [0.3, 0.4) is 0 Å². The number of rotatable bonds is 7. The van der Waals surface area contributed by atoms with Crippen LogP contribution in [0.5, 0.6) is 0 Å². The number of nitrogens with two attached hydrogens (primary N) is 1. The fourth-order valence-corrected chi connectivity index (χ4v) is 2.37. The van der Waals surface area contributed by atoms with Gasteiger partial charge in [0.25, 0.3) is 0 Å². The number of aryl methyl sites for hydroxylation is 1. The number of ether oxygens (including phenoxy) is 1. The zero-order chi connectivity index (χ0) is 15.2. The summed E-state index contributed by atoms with van der Waals surface area (Å²) in [5.41, 5.74) is 7.43. The maximum Gasteiger partial charge on any atom is 0.183 e. The molecule has 7 heteroatoms. The van der Waals surface area contributed by atoms with Crippen molar-refractivity contribution in [3.05, 3.63) is 22.7 Å². The molecule has 0 saturated carbocycles. The van der Waals surface area contributed by atoms with Crippen LogP contribution in [0.4, 0.5) is 5.69 Å². The first kappa shape index (κ1) is 15.9. The molecule has 0 fully saturated rings. The van der Waals surface area contributed by atoms with E-state index in [0.717, 1.165) is 41.9 Å². The van der Waals surface area contributed by atoms with E-state index in [0.29, 0.717) is 5.69 Å². The van der Waals surface area contributed by atoms with Crippen molar-refractivity contribution in [2.24, 2.45) is 0 Å². The van der Waals surface area contributed by atoms with Gasteiger partial charge in [0.15, 0.2) is 5.82 Å². The Labute approximate surface area is 132 Å². The average Bonchev–Trinajstić information content (AvgIpc) is 2.89. The summed E-state index contributed by atoms with van der Waals surface area (Å²) in [7, 11) is 0. The third kappa shape index (κ3) is 4.50. The van der Waals surface area contributed by atoms with Crippen molar-refractivity contribution in [2.45, 2.75) is 39.3 Å². The summed E-state index contributed by atoms with van der Waals surface area (Å²) in [4.78, 5) is 0. The monoisotopic (exact) mass is 353 g/mol. The molecule has 0 unspecified atom stereocenters. The number of aromatic nitrogens is 4. The summed E-state index contributed by atoms with van der Waals surface area (Å²) in [6.45, 7) is 5.59. The Balaban J connectivity index is 2.00. The van der Waals surface area contributed by atoms with Gasteiger partial charge < -0.3 is 10.5 Å². The second-order valence-electron chi connectivity index (χ2n) is 5.09. The number of nitrogen functional groups attached to an aromatic ring is 1. The molecule has 2 N–H and O–H groups in total. The molecule has 0 aliphatic carbocycles. The van der Waals surface area contributed by atoms with Crippen molar-refractivity contribution < 1.29 is 4.74 Å². The summed E-state index contributed by atoms with van der Waals surface area (Å²) in [5, 5.41) is 11.9. The molecule has 114 valence electrons. The summed E-state index contributed by atoms with van der Waals surface area (Å²) < 4.78 is 8.25. The van der Waals surface area contributed by atoms with Gasteiger partial charge in [0, 0.05) is 28.9 Å². The van der Waals surface area contributed by atoms with Crippen LogP contribution in [0.15, 0.2) is 22.7 Å². The lowest BCUT2D eigenvalue weighted by atomic mass is 10.2. The number of hydrogen-bond acceptors (Lipinski definition) is 5. The minimum absolute atomic E-state index is 0.275. The fourth-order valence-electron chi connectivity index (χ4n) is 1.95. The molecule has 21 heavy (non-hydrogen) atoms. The van der Waals surface area contributed by atoms with Crippen molar-refractivity contribution in [3.63, 3.8) is 0 Å². The van der Waals surface area contributed by atoms with E-state index in [2.05, 4.69) is 31.5 Å². The Morgan fingerprint density at radius 1 is 1.33 bits per heavy atom. The van der Waals surface area contributed by atoms with E-state index >= 15 is 0 Å². The van der Waals surface area contributed by atoms with Crippen LogP contribution in [-0.2, 0) is 11.3 Å². The van der Waals surface area contributed by atoms with Crippen molar-refractivity contribution >= 4 is 21.6 Å². The van der Waals surface area contributed by atoms with Crippen molar-refractivity contribution in [1.29, 1.82) is 0 Å². The summed E-state index contributed by atoms with van der Waals surface area (Å²) in [5.74, 6) is 0.721. The normalized spacial score (nSPS) is 11.2. The number of nitrogens with zero attached hydrogens (tertiary/aromatic N) is 4. The smallest absolute Gasteiger partial charge is 0.183 e. The van der Waals surface area contributed by atoms with Gasteiger partial charge in [-0.1, -0.05) is 15.9 Å². The largest absolute Gasteiger partial charge is 0.399 e. The first-order valence-corrected chi connectivity index (χ1v) is 7.80. The second kappa shape index (κ2) is 7.51. The molecule has 0 aliphatic heterocycles. The molecule has 0 saturated heterocycles. The van der Waals surface area contributed by atoms with Crippen LogP contribution in [0, 0.1) is 0 Å². The lowest BCUT2D eigenvalue weighted by molar-refractivity contribution is 0.0753. The number of unbranched alkanes of at least 4 members (excludes halogenated alkanes) is 1. The highest BCUT2D eigenvalue weighted by molar-refractivity contribution is 9.10. The highest BCUT2D eigenvalue weighted by Gasteiger charge is 2.12. The number of tetrazole rings is 1. The van der Waals surface area contributed by atoms with E-state index in [-0.39, 0.29) is 6.10 Å². The third-order valence-corrected chi connectivity index (χ3v) is 3.67. The molecule has 0 bridgehead atoms. The minimum atomic E-state index is 0.275. The third-order valence-electron chi connectivity index (χ3n) is 2.98. The van der Waals surface area contributed by atoms with Gasteiger partial charge in [-0.2, -0.15) is 0 Å². The molecule has 0 spiro atoms. The summed E-state index contributed by atoms with van der Waals surface area (Å²) in [6.07, 6.45) is 2.22. The maximum absolute atomic E-state index is 5.84. The van der Waals surface area contributed by atoms with Crippen LogP contribution in [0.1, 0.15) is 26.7 Å². The number of halogens is 1. The zero-order valence-corrected chi connectivity index (χ0v) is 13.9. The van der Waals surface area contributed by atoms with E-state index in [9.17, 15) is 0 Å². The quantitative estimate of drug-likeness (QED) is 0.611. The van der Waals surface area contributed by atoms with Gasteiger partial charge in [-0.3, -0.25) is 0 Å². The zero-order valence-electron chi connectivity index (χ0n) is 12.3. The summed E-state index contributed by atoms with van der Waals surface area (Å²) >= 11 is 3.51. The highest BCUT2D eigenvalue weighted by atomic mass is 79.9. The molecule has 0 radical (unpaired) electrons. The predicted molar refractivity (Wildman–Crippen MR) is 85.7 cm³/mol. The Hall–Kier alpha value is -1.47. The Bertz CT molecular complexity index is 584. The number of benzene rings is 1. The lowest BCUT2D eigenvalue weighted by Crippen LogP contribution is -2.07. The molecule has 1 heterocycles.